The highest BCUT2D eigenvalue weighted by Crippen LogP contribution is 2.27. The number of nitriles is 1. The summed E-state index contributed by atoms with van der Waals surface area (Å²) in [7, 11) is 0. The highest BCUT2D eigenvalue weighted by atomic mass is 35.5. The van der Waals surface area contributed by atoms with Crippen LogP contribution in [0.25, 0.3) is 10.9 Å². The van der Waals surface area contributed by atoms with Gasteiger partial charge in [-0.1, -0.05) is 17.7 Å². The zero-order valence-electron chi connectivity index (χ0n) is 17.3. The average Bonchev–Trinajstić information content (AvgIpc) is 2.79. The molecule has 0 aliphatic carbocycles. The van der Waals surface area contributed by atoms with Gasteiger partial charge in [-0.3, -0.25) is 4.79 Å². The van der Waals surface area contributed by atoms with Gasteiger partial charge in [0.15, 0.2) is 5.82 Å². The zero-order chi connectivity index (χ0) is 22.7. The van der Waals surface area contributed by atoms with E-state index in [1.807, 2.05) is 6.07 Å². The van der Waals surface area contributed by atoms with Crippen molar-refractivity contribution in [2.45, 2.75) is 31.8 Å². The predicted molar refractivity (Wildman–Crippen MR) is 119 cm³/mol. The molecule has 3 heterocycles. The number of ether oxygens (including phenoxy) is 1. The minimum Gasteiger partial charge on any atom is -0.381 e. The lowest BCUT2D eigenvalue weighted by atomic mass is 10.1. The topological polar surface area (TPSA) is 152 Å². The summed E-state index contributed by atoms with van der Waals surface area (Å²) in [6.45, 7) is 3.00. The first-order valence-corrected chi connectivity index (χ1v) is 10.5. The molecule has 0 spiro atoms. The Kier molecular flexibility index (Phi) is 6.30. The van der Waals surface area contributed by atoms with Crippen LogP contribution >= 0.6 is 11.6 Å². The Morgan fingerprint density at radius 3 is 2.84 bits per heavy atom. The van der Waals surface area contributed by atoms with E-state index in [4.69, 9.17) is 22.1 Å². The van der Waals surface area contributed by atoms with Crippen LogP contribution in [-0.2, 0) is 4.74 Å². The fraction of sp³-hybridized carbons (Fsp3) is 0.333. The summed E-state index contributed by atoms with van der Waals surface area (Å²) in [4.78, 5) is 30.2. The van der Waals surface area contributed by atoms with Gasteiger partial charge < -0.3 is 21.1 Å². The number of nitrogens with one attached hydrogen (secondary N) is 2. The Hall–Kier alpha value is -3.55. The number of carbonyl (C=O) groups is 1. The number of benzene rings is 1. The normalized spacial score (nSPS) is 15.2. The zero-order valence-corrected chi connectivity index (χ0v) is 18.1. The second-order valence-corrected chi connectivity index (χ2v) is 7.80. The van der Waals surface area contributed by atoms with E-state index >= 15 is 0 Å². The van der Waals surface area contributed by atoms with E-state index in [2.05, 4.69) is 30.6 Å². The third-order valence-corrected chi connectivity index (χ3v) is 5.44. The maximum absolute atomic E-state index is 13.2. The van der Waals surface area contributed by atoms with Gasteiger partial charge in [0.1, 0.15) is 23.1 Å². The first kappa shape index (κ1) is 21.7. The van der Waals surface area contributed by atoms with Crippen LogP contribution < -0.4 is 16.4 Å². The molecule has 32 heavy (non-hydrogen) atoms. The monoisotopic (exact) mass is 452 g/mol. The molecular formula is C21H21ClN8O2. The van der Waals surface area contributed by atoms with Crippen molar-refractivity contribution in [3.63, 3.8) is 0 Å². The molecule has 0 radical (unpaired) electrons. The lowest BCUT2D eigenvalue weighted by molar-refractivity contribution is 0.0695. The van der Waals surface area contributed by atoms with Crippen LogP contribution in [0, 0.1) is 11.3 Å². The van der Waals surface area contributed by atoms with Crippen molar-refractivity contribution < 1.29 is 9.53 Å². The van der Waals surface area contributed by atoms with Crippen molar-refractivity contribution in [3.8, 4) is 6.07 Å². The molecule has 164 valence electrons. The number of nitrogen functional groups attached to an aromatic ring is 1. The van der Waals surface area contributed by atoms with E-state index in [0.29, 0.717) is 35.0 Å². The second kappa shape index (κ2) is 9.30. The maximum Gasteiger partial charge on any atom is 0.270 e. The summed E-state index contributed by atoms with van der Waals surface area (Å²) in [6, 6.07) is 6.76. The number of halogens is 1. The Balaban J connectivity index is 1.70. The molecular weight excluding hydrogens is 432 g/mol. The average molecular weight is 453 g/mol. The van der Waals surface area contributed by atoms with Crippen molar-refractivity contribution >= 4 is 40.2 Å². The molecule has 1 aromatic carbocycles. The number of nitrogens with zero attached hydrogens (tertiary/aromatic N) is 5. The van der Waals surface area contributed by atoms with Gasteiger partial charge in [-0.15, -0.1) is 0 Å². The highest BCUT2D eigenvalue weighted by Gasteiger charge is 2.23. The third-order valence-electron chi connectivity index (χ3n) is 5.13. The molecule has 1 fully saturated rings. The van der Waals surface area contributed by atoms with Crippen molar-refractivity contribution in [2.24, 2.45) is 0 Å². The van der Waals surface area contributed by atoms with E-state index < -0.39 is 6.04 Å². The predicted octanol–water partition coefficient (Wildman–Crippen LogP) is 2.61. The van der Waals surface area contributed by atoms with Gasteiger partial charge in [0.05, 0.1) is 28.2 Å². The van der Waals surface area contributed by atoms with Gasteiger partial charge in [0.2, 0.25) is 5.95 Å². The molecule has 3 aromatic rings. The van der Waals surface area contributed by atoms with Crippen molar-refractivity contribution in [3.05, 3.63) is 46.5 Å². The fourth-order valence-electron chi connectivity index (χ4n) is 3.47. The largest absolute Gasteiger partial charge is 0.381 e. The number of fused-ring (bicyclic) bond motifs is 1. The van der Waals surface area contributed by atoms with E-state index in [1.54, 1.807) is 25.1 Å². The van der Waals surface area contributed by atoms with Crippen LogP contribution in [0.5, 0.6) is 0 Å². The Labute approximate surface area is 189 Å². The van der Waals surface area contributed by atoms with Gasteiger partial charge in [-0.25, -0.2) is 15.0 Å². The first-order chi connectivity index (χ1) is 15.5. The SMILES string of the molecule is C[C@@H](Nc1nc(N)ncc1C#N)c1nc(C(=O)NC2CCOCC2)c2c(Cl)cccc2n1. The number of amides is 1. The standard InChI is InChI=1S/C21H21ClN8O2/c1-11(26-19-12(9-23)10-25-21(24)30-19)18-28-15-4-2-3-14(22)16(15)17(29-18)20(31)27-13-5-7-32-8-6-13/h2-4,10-11,13H,5-8H2,1H3,(H,27,31)(H3,24,25,26,30)/t11-/m1/s1. The maximum atomic E-state index is 13.2. The van der Waals surface area contributed by atoms with Crippen LogP contribution in [0.15, 0.2) is 24.4 Å². The van der Waals surface area contributed by atoms with E-state index in [-0.39, 0.29) is 35.0 Å². The summed E-state index contributed by atoms with van der Waals surface area (Å²) in [5.41, 5.74) is 6.62. The molecule has 11 heteroatoms. The molecule has 0 saturated carbocycles. The minimum atomic E-state index is -0.491. The van der Waals surface area contributed by atoms with Crippen LogP contribution in [0.3, 0.4) is 0 Å². The van der Waals surface area contributed by atoms with Crippen molar-refractivity contribution in [2.75, 3.05) is 24.3 Å². The molecule has 4 N–H and O–H groups in total. The van der Waals surface area contributed by atoms with Gasteiger partial charge in [-0.05, 0) is 31.9 Å². The lowest BCUT2D eigenvalue weighted by Crippen LogP contribution is -2.39. The summed E-state index contributed by atoms with van der Waals surface area (Å²) >= 11 is 6.41. The molecule has 1 amide bonds. The lowest BCUT2D eigenvalue weighted by Gasteiger charge is -2.23. The van der Waals surface area contributed by atoms with Gasteiger partial charge in [0, 0.05) is 19.3 Å². The molecule has 2 aromatic heterocycles. The molecule has 1 saturated heterocycles. The number of aromatic nitrogens is 4. The van der Waals surface area contributed by atoms with E-state index in [1.165, 1.54) is 6.20 Å². The number of rotatable bonds is 5. The smallest absolute Gasteiger partial charge is 0.270 e. The molecule has 1 atom stereocenters. The van der Waals surface area contributed by atoms with E-state index in [0.717, 1.165) is 12.8 Å². The number of hydrogen-bond acceptors (Lipinski definition) is 9. The second-order valence-electron chi connectivity index (χ2n) is 7.39. The van der Waals surface area contributed by atoms with E-state index in [9.17, 15) is 10.1 Å². The molecule has 0 bridgehead atoms. The number of carbonyl (C=O) groups excluding carboxylic acids is 1. The van der Waals surface area contributed by atoms with Crippen molar-refractivity contribution in [1.29, 1.82) is 5.26 Å². The Bertz CT molecular complexity index is 1210. The summed E-state index contributed by atoms with van der Waals surface area (Å²) < 4.78 is 5.36. The molecule has 0 unspecified atom stereocenters. The van der Waals surface area contributed by atoms with Gasteiger partial charge in [-0.2, -0.15) is 10.2 Å². The summed E-state index contributed by atoms with van der Waals surface area (Å²) in [5.74, 6) is 0.310. The Morgan fingerprint density at radius 1 is 1.31 bits per heavy atom. The van der Waals surface area contributed by atoms with Crippen LogP contribution in [0.4, 0.5) is 11.8 Å². The quantitative estimate of drug-likeness (QED) is 0.530. The number of nitrogens with two attached hydrogens (primary N) is 1. The first-order valence-electron chi connectivity index (χ1n) is 10.1. The Morgan fingerprint density at radius 2 is 2.09 bits per heavy atom. The molecule has 1 aliphatic heterocycles. The summed E-state index contributed by atoms with van der Waals surface area (Å²) in [6.07, 6.45) is 2.81. The third kappa shape index (κ3) is 4.54. The van der Waals surface area contributed by atoms with Crippen LogP contribution in [-0.4, -0.2) is 45.1 Å². The molecule has 10 nitrogen and oxygen atoms in total. The number of hydrogen-bond donors (Lipinski definition) is 3. The summed E-state index contributed by atoms with van der Waals surface area (Å²) in [5, 5.41) is 16.3. The van der Waals surface area contributed by atoms with Crippen molar-refractivity contribution in [1.82, 2.24) is 25.3 Å². The highest BCUT2D eigenvalue weighted by molar-refractivity contribution is 6.36. The number of anilines is 2. The van der Waals surface area contributed by atoms with Crippen LogP contribution in [0.2, 0.25) is 5.02 Å². The van der Waals surface area contributed by atoms with Crippen LogP contribution in [0.1, 0.15) is 47.7 Å². The fourth-order valence-corrected chi connectivity index (χ4v) is 3.73. The molecule has 1 aliphatic rings. The van der Waals surface area contributed by atoms with Gasteiger partial charge in [0.25, 0.3) is 5.91 Å². The minimum absolute atomic E-state index is 0.00457. The van der Waals surface area contributed by atoms with Gasteiger partial charge >= 0.3 is 0 Å². The molecule has 4 rings (SSSR count).